The van der Waals surface area contributed by atoms with Gasteiger partial charge in [-0.2, -0.15) is 0 Å². The Morgan fingerprint density at radius 2 is 2.05 bits per heavy atom. The van der Waals surface area contributed by atoms with Crippen LogP contribution in [0.5, 0.6) is 0 Å². The van der Waals surface area contributed by atoms with Crippen LogP contribution in [0.1, 0.15) is 51.5 Å². The van der Waals surface area contributed by atoms with E-state index in [2.05, 4.69) is 30.8 Å². The normalized spacial score (nSPS) is 24.2. The molecular formula is C17H26N2O3. The lowest BCUT2D eigenvalue weighted by molar-refractivity contribution is -0.131. The lowest BCUT2D eigenvalue weighted by Crippen LogP contribution is -2.58. The number of rotatable bonds is 4. The maximum Gasteiger partial charge on any atom is 0.156 e. The van der Waals surface area contributed by atoms with Crippen molar-refractivity contribution in [3.63, 3.8) is 0 Å². The third-order valence-corrected chi connectivity index (χ3v) is 4.75. The SMILES string of the molecule is CC(C)(C)c1cc(CC(=O)C2CCN2C2CCOCC2)no1. The van der Waals surface area contributed by atoms with E-state index < -0.39 is 0 Å². The number of likely N-dealkylation sites (tertiary alicyclic amines) is 1. The van der Waals surface area contributed by atoms with Gasteiger partial charge in [-0.1, -0.05) is 25.9 Å². The summed E-state index contributed by atoms with van der Waals surface area (Å²) in [4.78, 5) is 14.9. The summed E-state index contributed by atoms with van der Waals surface area (Å²) in [6.07, 6.45) is 3.44. The van der Waals surface area contributed by atoms with E-state index in [9.17, 15) is 4.79 Å². The van der Waals surface area contributed by atoms with Crippen LogP contribution in [0.2, 0.25) is 0 Å². The fourth-order valence-electron chi connectivity index (χ4n) is 3.25. The topological polar surface area (TPSA) is 55.6 Å². The number of nitrogens with zero attached hydrogens (tertiary/aromatic N) is 2. The van der Waals surface area contributed by atoms with Gasteiger partial charge >= 0.3 is 0 Å². The van der Waals surface area contributed by atoms with Crippen molar-refractivity contribution in [1.82, 2.24) is 10.1 Å². The van der Waals surface area contributed by atoms with Gasteiger partial charge in [-0.15, -0.1) is 0 Å². The zero-order valence-electron chi connectivity index (χ0n) is 13.8. The van der Waals surface area contributed by atoms with Crippen molar-refractivity contribution < 1.29 is 14.1 Å². The summed E-state index contributed by atoms with van der Waals surface area (Å²) in [5, 5.41) is 4.07. The molecule has 1 unspecified atom stereocenters. The third-order valence-electron chi connectivity index (χ3n) is 4.75. The molecule has 3 heterocycles. The van der Waals surface area contributed by atoms with Crippen molar-refractivity contribution in [1.29, 1.82) is 0 Å². The summed E-state index contributed by atoms with van der Waals surface area (Å²) in [7, 11) is 0. The van der Waals surface area contributed by atoms with E-state index in [0.717, 1.165) is 50.5 Å². The van der Waals surface area contributed by atoms with Crippen molar-refractivity contribution in [3.8, 4) is 0 Å². The highest BCUT2D eigenvalue weighted by Crippen LogP contribution is 2.28. The second kappa shape index (κ2) is 6.13. The van der Waals surface area contributed by atoms with Gasteiger partial charge in [-0.25, -0.2) is 0 Å². The van der Waals surface area contributed by atoms with Gasteiger partial charge in [0, 0.05) is 37.3 Å². The molecule has 22 heavy (non-hydrogen) atoms. The maximum absolute atomic E-state index is 12.6. The fourth-order valence-corrected chi connectivity index (χ4v) is 3.25. The Balaban J connectivity index is 1.58. The molecule has 5 nitrogen and oxygen atoms in total. The minimum absolute atomic E-state index is 0.0675. The van der Waals surface area contributed by atoms with Crippen LogP contribution in [0, 0.1) is 0 Å². The minimum atomic E-state index is -0.0705. The molecule has 0 N–H and O–H groups in total. The van der Waals surface area contributed by atoms with Crippen LogP contribution in [-0.2, 0) is 21.4 Å². The summed E-state index contributed by atoms with van der Waals surface area (Å²) in [6, 6.07) is 2.51. The smallest absolute Gasteiger partial charge is 0.156 e. The van der Waals surface area contributed by atoms with Crippen LogP contribution in [0.4, 0.5) is 0 Å². The van der Waals surface area contributed by atoms with E-state index >= 15 is 0 Å². The van der Waals surface area contributed by atoms with Crippen LogP contribution in [0.3, 0.4) is 0 Å². The first-order chi connectivity index (χ1) is 10.4. The summed E-state index contributed by atoms with van der Waals surface area (Å²) < 4.78 is 10.8. The zero-order chi connectivity index (χ0) is 15.7. The van der Waals surface area contributed by atoms with Crippen LogP contribution in [0.15, 0.2) is 10.6 Å². The molecule has 0 radical (unpaired) electrons. The van der Waals surface area contributed by atoms with Crippen molar-refractivity contribution in [2.24, 2.45) is 0 Å². The number of hydrogen-bond acceptors (Lipinski definition) is 5. The van der Waals surface area contributed by atoms with Gasteiger partial charge in [0.1, 0.15) is 5.76 Å². The Kier molecular flexibility index (Phi) is 4.37. The molecule has 2 fully saturated rings. The Bertz CT molecular complexity index is 526. The molecule has 0 saturated carbocycles. The largest absolute Gasteiger partial charge is 0.381 e. The van der Waals surface area contributed by atoms with Crippen LogP contribution in [-0.4, -0.2) is 47.7 Å². The Morgan fingerprint density at radius 1 is 1.32 bits per heavy atom. The molecule has 0 aromatic carbocycles. The minimum Gasteiger partial charge on any atom is -0.381 e. The Labute approximate surface area is 132 Å². The van der Waals surface area contributed by atoms with Gasteiger partial charge in [0.15, 0.2) is 5.78 Å². The fraction of sp³-hybridized carbons (Fsp3) is 0.765. The molecule has 1 atom stereocenters. The first-order valence-electron chi connectivity index (χ1n) is 8.27. The van der Waals surface area contributed by atoms with Gasteiger partial charge in [0.25, 0.3) is 0 Å². The molecule has 0 aliphatic carbocycles. The van der Waals surface area contributed by atoms with E-state index in [1.807, 2.05) is 6.07 Å². The molecule has 2 aliphatic heterocycles. The van der Waals surface area contributed by atoms with Gasteiger partial charge in [-0.05, 0) is 19.3 Å². The Hall–Kier alpha value is -1.20. The monoisotopic (exact) mass is 306 g/mol. The standard InChI is InChI=1S/C17H26N2O3/c1-17(2,3)16-11-12(18-22-16)10-15(20)14-4-7-19(14)13-5-8-21-9-6-13/h11,13-14H,4-10H2,1-3H3. The van der Waals surface area contributed by atoms with Gasteiger partial charge < -0.3 is 9.26 Å². The summed E-state index contributed by atoms with van der Waals surface area (Å²) >= 11 is 0. The lowest BCUT2D eigenvalue weighted by Gasteiger charge is -2.46. The van der Waals surface area contributed by atoms with Gasteiger partial charge in [-0.3, -0.25) is 9.69 Å². The highest BCUT2D eigenvalue weighted by atomic mass is 16.5. The van der Waals surface area contributed by atoms with Crippen molar-refractivity contribution >= 4 is 5.78 Å². The average molecular weight is 306 g/mol. The van der Waals surface area contributed by atoms with Crippen LogP contribution >= 0.6 is 0 Å². The maximum atomic E-state index is 12.6. The molecular weight excluding hydrogens is 280 g/mol. The van der Waals surface area contributed by atoms with Crippen LogP contribution in [0.25, 0.3) is 0 Å². The second-order valence-corrected chi connectivity index (χ2v) is 7.46. The first-order valence-corrected chi connectivity index (χ1v) is 8.27. The molecule has 2 saturated heterocycles. The second-order valence-electron chi connectivity index (χ2n) is 7.46. The molecule has 122 valence electrons. The predicted molar refractivity (Wildman–Crippen MR) is 82.9 cm³/mol. The first kappa shape index (κ1) is 15.7. The number of aromatic nitrogens is 1. The van der Waals surface area contributed by atoms with Crippen molar-refractivity contribution in [3.05, 3.63) is 17.5 Å². The average Bonchev–Trinajstić information content (AvgIpc) is 2.87. The molecule has 2 aliphatic rings. The summed E-state index contributed by atoms with van der Waals surface area (Å²) in [6.45, 7) is 8.92. The van der Waals surface area contributed by atoms with E-state index in [1.165, 1.54) is 0 Å². The highest BCUT2D eigenvalue weighted by Gasteiger charge is 2.39. The number of carbonyl (C=O) groups excluding carboxylic acids is 1. The van der Waals surface area contributed by atoms with Gasteiger partial charge in [0.05, 0.1) is 18.2 Å². The van der Waals surface area contributed by atoms with Crippen molar-refractivity contribution in [2.75, 3.05) is 19.8 Å². The van der Waals surface area contributed by atoms with E-state index in [-0.39, 0.29) is 17.2 Å². The molecule has 3 rings (SSSR count). The summed E-state index contributed by atoms with van der Waals surface area (Å²) in [5.41, 5.74) is 0.688. The van der Waals surface area contributed by atoms with E-state index in [0.29, 0.717) is 12.5 Å². The van der Waals surface area contributed by atoms with Gasteiger partial charge in [0.2, 0.25) is 0 Å². The number of Topliss-reactive ketones (excluding diaryl/α,β-unsaturated/α-hetero) is 1. The summed E-state index contributed by atoms with van der Waals surface area (Å²) in [5.74, 6) is 1.11. The zero-order valence-corrected chi connectivity index (χ0v) is 13.8. The van der Waals surface area contributed by atoms with E-state index in [4.69, 9.17) is 9.26 Å². The molecule has 5 heteroatoms. The number of ether oxygens (including phenoxy) is 1. The molecule has 1 aromatic heterocycles. The van der Waals surface area contributed by atoms with Crippen LogP contribution < -0.4 is 0 Å². The van der Waals surface area contributed by atoms with E-state index in [1.54, 1.807) is 0 Å². The highest BCUT2D eigenvalue weighted by molar-refractivity contribution is 5.86. The number of carbonyl (C=O) groups is 1. The van der Waals surface area contributed by atoms with Crippen molar-refractivity contribution in [2.45, 2.75) is 64.0 Å². The molecule has 0 amide bonds. The number of ketones is 1. The quantitative estimate of drug-likeness (QED) is 0.854. The molecule has 0 spiro atoms. The molecule has 1 aromatic rings. The number of hydrogen-bond donors (Lipinski definition) is 0. The predicted octanol–water partition coefficient (Wildman–Crippen LogP) is 2.34. The Morgan fingerprint density at radius 3 is 2.59 bits per heavy atom. The molecule has 0 bridgehead atoms. The lowest BCUT2D eigenvalue weighted by atomic mass is 9.90. The third kappa shape index (κ3) is 3.25.